The third-order valence-corrected chi connectivity index (χ3v) is 8.34. The quantitative estimate of drug-likeness (QED) is 0.0572. The molecular weight excluding hydrogens is 522 g/mol. The fourth-order valence-electron chi connectivity index (χ4n) is 4.84. The first-order valence-electron chi connectivity index (χ1n) is 13.5. The van der Waals surface area contributed by atoms with Crippen LogP contribution in [0.5, 0.6) is 5.75 Å². The zero-order chi connectivity index (χ0) is 28.3. The third-order valence-electron chi connectivity index (χ3n) is 6.79. The summed E-state index contributed by atoms with van der Waals surface area (Å²) >= 11 is 1.73. The Hall–Kier alpha value is -4.85. The molecule has 0 saturated carbocycles. The number of carbonyl (C=O) groups excluding carboxylic acids is 1. The number of nitriles is 1. The zero-order valence-electron chi connectivity index (χ0n) is 22.5. The van der Waals surface area contributed by atoms with Gasteiger partial charge < -0.3 is 4.74 Å². The van der Waals surface area contributed by atoms with Crippen molar-refractivity contribution in [2.24, 2.45) is 0 Å². The minimum Gasteiger partial charge on any atom is -0.427 e. The molecule has 0 aliphatic rings. The van der Waals surface area contributed by atoms with Crippen LogP contribution in [0.1, 0.15) is 34.2 Å². The van der Waals surface area contributed by atoms with E-state index in [4.69, 9.17) is 4.74 Å². The van der Waals surface area contributed by atoms with Gasteiger partial charge in [-0.3, -0.25) is 4.79 Å². The molecule has 5 aromatic rings. The standard InChI is InChI=1S/C37H29NO2S/c38-28-31(27-29-13-5-1-6-14-29)30-21-23-35(24-22-30)40-36(39)25-26-41-37(32-15-7-2-8-16-32,33-17-9-3-10-18-33)34-19-11-4-12-20-34/h1-24,27H,25-26H2/b31-27+. The highest BCUT2D eigenvalue weighted by atomic mass is 32.2. The maximum atomic E-state index is 12.9. The molecule has 0 atom stereocenters. The van der Waals surface area contributed by atoms with E-state index in [0.717, 1.165) is 27.8 Å². The van der Waals surface area contributed by atoms with Crippen molar-refractivity contribution >= 4 is 29.4 Å². The van der Waals surface area contributed by atoms with Crippen LogP contribution < -0.4 is 4.74 Å². The van der Waals surface area contributed by atoms with E-state index in [-0.39, 0.29) is 12.4 Å². The van der Waals surface area contributed by atoms with Crippen LogP contribution in [0, 0.1) is 11.3 Å². The van der Waals surface area contributed by atoms with Gasteiger partial charge in [0.15, 0.2) is 0 Å². The molecule has 0 saturated heterocycles. The van der Waals surface area contributed by atoms with Crippen LogP contribution in [0.4, 0.5) is 0 Å². The second kappa shape index (κ2) is 13.5. The molecule has 0 heterocycles. The first-order chi connectivity index (χ1) is 20.2. The van der Waals surface area contributed by atoms with Gasteiger partial charge in [-0.1, -0.05) is 121 Å². The largest absolute Gasteiger partial charge is 0.427 e. The molecule has 0 fully saturated rings. The molecule has 0 unspecified atom stereocenters. The van der Waals surface area contributed by atoms with Gasteiger partial charge in [0.2, 0.25) is 0 Å². The number of thioether (sulfide) groups is 1. The van der Waals surface area contributed by atoms with Crippen LogP contribution in [0.2, 0.25) is 0 Å². The normalized spacial score (nSPS) is 11.4. The van der Waals surface area contributed by atoms with Crippen molar-refractivity contribution in [2.75, 3.05) is 5.75 Å². The summed E-state index contributed by atoms with van der Waals surface area (Å²) in [5, 5.41) is 9.66. The zero-order valence-corrected chi connectivity index (χ0v) is 23.3. The third kappa shape index (κ3) is 6.66. The predicted octanol–water partition coefficient (Wildman–Crippen LogP) is 8.77. The van der Waals surface area contributed by atoms with E-state index in [1.807, 2.05) is 54.6 Å². The lowest BCUT2D eigenvalue weighted by molar-refractivity contribution is -0.133. The molecule has 0 N–H and O–H groups in total. The number of esters is 1. The molecule has 4 heteroatoms. The highest BCUT2D eigenvalue weighted by molar-refractivity contribution is 8.00. The Morgan fingerprint density at radius 1 is 0.683 bits per heavy atom. The summed E-state index contributed by atoms with van der Waals surface area (Å²) in [6.45, 7) is 0. The number of allylic oxidation sites excluding steroid dienone is 1. The first-order valence-corrected chi connectivity index (χ1v) is 14.5. The summed E-state index contributed by atoms with van der Waals surface area (Å²) < 4.78 is 5.20. The van der Waals surface area contributed by atoms with E-state index in [9.17, 15) is 10.1 Å². The Balaban J connectivity index is 1.31. The topological polar surface area (TPSA) is 50.1 Å². The van der Waals surface area contributed by atoms with Crippen molar-refractivity contribution in [3.05, 3.63) is 173 Å². The molecule has 0 aliphatic heterocycles. The molecule has 0 amide bonds. The Morgan fingerprint density at radius 3 is 1.61 bits per heavy atom. The Kier molecular flexibility index (Phi) is 9.11. The van der Waals surface area contributed by atoms with Gasteiger partial charge in [-0.25, -0.2) is 0 Å². The number of rotatable bonds is 10. The van der Waals surface area contributed by atoms with E-state index >= 15 is 0 Å². The second-order valence-corrected chi connectivity index (χ2v) is 10.8. The molecule has 5 rings (SSSR count). The summed E-state index contributed by atoms with van der Waals surface area (Å²) in [4.78, 5) is 12.9. The summed E-state index contributed by atoms with van der Waals surface area (Å²) in [6, 6.07) is 50.4. The van der Waals surface area contributed by atoms with Crippen molar-refractivity contribution in [1.29, 1.82) is 5.26 Å². The fraction of sp³-hybridized carbons (Fsp3) is 0.0811. The van der Waals surface area contributed by atoms with Crippen molar-refractivity contribution in [3.63, 3.8) is 0 Å². The van der Waals surface area contributed by atoms with Crippen LogP contribution in [-0.4, -0.2) is 11.7 Å². The molecule has 0 aliphatic carbocycles. The highest BCUT2D eigenvalue weighted by Crippen LogP contribution is 2.48. The molecule has 0 spiro atoms. The van der Waals surface area contributed by atoms with Crippen LogP contribution in [0.3, 0.4) is 0 Å². The lowest BCUT2D eigenvalue weighted by Crippen LogP contribution is -2.26. The number of hydrogen-bond acceptors (Lipinski definition) is 4. The molecule has 200 valence electrons. The summed E-state index contributed by atoms with van der Waals surface area (Å²) in [6.07, 6.45) is 2.09. The van der Waals surface area contributed by atoms with Gasteiger partial charge in [-0.15, -0.1) is 11.8 Å². The minimum atomic E-state index is -0.482. The van der Waals surface area contributed by atoms with E-state index in [2.05, 4.69) is 78.9 Å². The maximum absolute atomic E-state index is 12.9. The van der Waals surface area contributed by atoms with Gasteiger partial charge in [0.05, 0.1) is 22.8 Å². The van der Waals surface area contributed by atoms with Crippen molar-refractivity contribution in [2.45, 2.75) is 11.2 Å². The van der Waals surface area contributed by atoms with Gasteiger partial charge in [0, 0.05) is 5.75 Å². The molecule has 0 radical (unpaired) electrons. The maximum Gasteiger partial charge on any atom is 0.312 e. The van der Waals surface area contributed by atoms with E-state index in [0.29, 0.717) is 17.1 Å². The second-order valence-electron chi connectivity index (χ2n) is 9.46. The Bertz CT molecular complexity index is 1530. The molecule has 0 bridgehead atoms. The van der Waals surface area contributed by atoms with Gasteiger partial charge in [0.25, 0.3) is 0 Å². The van der Waals surface area contributed by atoms with Crippen molar-refractivity contribution < 1.29 is 9.53 Å². The SMILES string of the molecule is N#C/C(=C\c1ccccc1)c1ccc(OC(=O)CCSC(c2ccccc2)(c2ccccc2)c2ccccc2)cc1. The number of hydrogen-bond donors (Lipinski definition) is 0. The summed E-state index contributed by atoms with van der Waals surface area (Å²) in [5.74, 6) is 0.725. The number of carbonyl (C=O) groups is 1. The Morgan fingerprint density at radius 2 is 1.15 bits per heavy atom. The summed E-state index contributed by atoms with van der Waals surface area (Å²) in [7, 11) is 0. The molecule has 5 aromatic carbocycles. The predicted molar refractivity (Wildman–Crippen MR) is 168 cm³/mol. The highest BCUT2D eigenvalue weighted by Gasteiger charge is 2.36. The fourth-order valence-corrected chi connectivity index (χ4v) is 6.32. The Labute approximate surface area is 245 Å². The van der Waals surface area contributed by atoms with Crippen LogP contribution >= 0.6 is 11.8 Å². The van der Waals surface area contributed by atoms with Gasteiger partial charge in [0.1, 0.15) is 5.75 Å². The van der Waals surface area contributed by atoms with E-state index < -0.39 is 4.75 Å². The number of ether oxygens (including phenoxy) is 1. The van der Waals surface area contributed by atoms with Crippen LogP contribution in [0.15, 0.2) is 146 Å². The van der Waals surface area contributed by atoms with Gasteiger partial charge >= 0.3 is 5.97 Å². The molecular formula is C37H29NO2S. The number of nitrogens with zero attached hydrogens (tertiary/aromatic N) is 1. The number of benzene rings is 5. The lowest BCUT2D eigenvalue weighted by atomic mass is 9.84. The minimum absolute atomic E-state index is 0.248. The first kappa shape index (κ1) is 27.7. The van der Waals surface area contributed by atoms with E-state index in [1.54, 1.807) is 36.0 Å². The van der Waals surface area contributed by atoms with Crippen molar-refractivity contribution in [1.82, 2.24) is 0 Å². The van der Waals surface area contributed by atoms with Crippen LogP contribution in [0.25, 0.3) is 11.6 Å². The smallest absolute Gasteiger partial charge is 0.312 e. The molecule has 3 nitrogen and oxygen atoms in total. The van der Waals surface area contributed by atoms with Crippen molar-refractivity contribution in [3.8, 4) is 11.8 Å². The van der Waals surface area contributed by atoms with Gasteiger partial charge in [-0.05, 0) is 58.2 Å². The van der Waals surface area contributed by atoms with E-state index in [1.165, 1.54) is 0 Å². The van der Waals surface area contributed by atoms with Gasteiger partial charge in [-0.2, -0.15) is 5.26 Å². The lowest BCUT2D eigenvalue weighted by Gasteiger charge is -2.35. The monoisotopic (exact) mass is 551 g/mol. The molecule has 0 aromatic heterocycles. The molecule has 41 heavy (non-hydrogen) atoms. The van der Waals surface area contributed by atoms with Crippen LogP contribution in [-0.2, 0) is 9.54 Å². The summed E-state index contributed by atoms with van der Waals surface area (Å²) in [5.41, 5.74) is 5.74. The average Bonchev–Trinajstić information content (AvgIpc) is 3.04. The average molecular weight is 552 g/mol.